The van der Waals surface area contributed by atoms with Crippen LogP contribution in [0.4, 0.5) is 0 Å². The van der Waals surface area contributed by atoms with Gasteiger partial charge in [0.2, 0.25) is 5.91 Å². The average molecular weight is 253 g/mol. The van der Waals surface area contributed by atoms with Crippen molar-refractivity contribution in [3.05, 3.63) is 0 Å². The molecule has 2 heterocycles. The molecule has 1 unspecified atom stereocenters. The highest BCUT2D eigenvalue weighted by molar-refractivity contribution is 5.78. The molecule has 1 amide bonds. The summed E-state index contributed by atoms with van der Waals surface area (Å²) in [5.41, 5.74) is 5.88. The van der Waals surface area contributed by atoms with Crippen LogP contribution in [0, 0.1) is 0 Å². The maximum atomic E-state index is 12.3. The van der Waals surface area contributed by atoms with E-state index in [2.05, 4.69) is 11.8 Å². The number of amides is 1. The summed E-state index contributed by atoms with van der Waals surface area (Å²) in [6, 6.07) is 0.919. The molecule has 4 nitrogen and oxygen atoms in total. The molecule has 0 aromatic rings. The zero-order chi connectivity index (χ0) is 13.0. The minimum atomic E-state index is 0.299. The molecule has 0 saturated carbocycles. The Morgan fingerprint density at radius 3 is 2.56 bits per heavy atom. The molecule has 2 rings (SSSR count). The molecule has 2 N–H and O–H groups in total. The lowest BCUT2D eigenvalue weighted by molar-refractivity contribution is -0.134. The first kappa shape index (κ1) is 13.8. The molecule has 4 heteroatoms. The van der Waals surface area contributed by atoms with Gasteiger partial charge in [-0.05, 0) is 38.6 Å². The number of piperidine rings is 2. The summed E-state index contributed by atoms with van der Waals surface area (Å²) in [7, 11) is 0. The average Bonchev–Trinajstić information content (AvgIpc) is 2.40. The number of nitrogens with two attached hydrogens (primary N) is 1. The molecule has 0 aliphatic carbocycles. The van der Waals surface area contributed by atoms with Crippen molar-refractivity contribution >= 4 is 5.91 Å². The third-order valence-corrected chi connectivity index (χ3v) is 4.45. The molecule has 2 aliphatic heterocycles. The van der Waals surface area contributed by atoms with Crippen molar-refractivity contribution in [3.63, 3.8) is 0 Å². The first-order valence-corrected chi connectivity index (χ1v) is 7.48. The Balaban J connectivity index is 1.82. The fourth-order valence-corrected chi connectivity index (χ4v) is 3.15. The second kappa shape index (κ2) is 6.53. The van der Waals surface area contributed by atoms with Gasteiger partial charge >= 0.3 is 0 Å². The van der Waals surface area contributed by atoms with Gasteiger partial charge in [-0.1, -0.05) is 13.3 Å². The summed E-state index contributed by atoms with van der Waals surface area (Å²) in [5, 5.41) is 0. The third kappa shape index (κ3) is 3.45. The normalized spacial score (nSPS) is 27.4. The van der Waals surface area contributed by atoms with E-state index < -0.39 is 0 Å². The maximum Gasteiger partial charge on any atom is 0.236 e. The summed E-state index contributed by atoms with van der Waals surface area (Å²) in [5.74, 6) is 0.308. The highest BCUT2D eigenvalue weighted by Gasteiger charge is 2.26. The Morgan fingerprint density at radius 1 is 1.17 bits per heavy atom. The van der Waals surface area contributed by atoms with Crippen molar-refractivity contribution in [2.45, 2.75) is 57.5 Å². The topological polar surface area (TPSA) is 49.6 Å². The number of rotatable bonds is 3. The molecule has 1 atom stereocenters. The number of hydrogen-bond acceptors (Lipinski definition) is 3. The standard InChI is InChI=1S/C14H27N3O/c1-2-13-5-3-4-8-17(13)11-14(18)16-9-6-12(15)7-10-16/h12-13H,2-11,15H2,1H3. The minimum Gasteiger partial charge on any atom is -0.341 e. The fourth-order valence-electron chi connectivity index (χ4n) is 3.15. The summed E-state index contributed by atoms with van der Waals surface area (Å²) < 4.78 is 0. The minimum absolute atomic E-state index is 0.299. The zero-order valence-corrected chi connectivity index (χ0v) is 11.6. The molecule has 0 radical (unpaired) electrons. The SMILES string of the molecule is CCC1CCCCN1CC(=O)N1CCC(N)CC1. The molecule has 18 heavy (non-hydrogen) atoms. The Bertz CT molecular complexity index is 274. The Kier molecular flexibility index (Phi) is 5.01. The van der Waals surface area contributed by atoms with Gasteiger partial charge in [0.1, 0.15) is 0 Å². The lowest BCUT2D eigenvalue weighted by atomic mass is 10.00. The number of likely N-dealkylation sites (tertiary alicyclic amines) is 2. The van der Waals surface area contributed by atoms with Crippen LogP contribution in [0.3, 0.4) is 0 Å². The molecule has 2 aliphatic rings. The van der Waals surface area contributed by atoms with Gasteiger partial charge in [0.05, 0.1) is 6.54 Å². The predicted molar refractivity (Wildman–Crippen MR) is 73.3 cm³/mol. The second-order valence-corrected chi connectivity index (χ2v) is 5.75. The third-order valence-electron chi connectivity index (χ3n) is 4.45. The van der Waals surface area contributed by atoms with E-state index in [0.717, 1.165) is 38.9 Å². The van der Waals surface area contributed by atoms with Gasteiger partial charge in [-0.3, -0.25) is 9.69 Å². The van der Waals surface area contributed by atoms with E-state index in [0.29, 0.717) is 24.5 Å². The molecule has 0 aromatic carbocycles. The van der Waals surface area contributed by atoms with Gasteiger partial charge < -0.3 is 10.6 Å². The monoisotopic (exact) mass is 253 g/mol. The van der Waals surface area contributed by atoms with E-state index in [1.54, 1.807) is 0 Å². The van der Waals surface area contributed by atoms with Crippen molar-refractivity contribution in [1.29, 1.82) is 0 Å². The maximum absolute atomic E-state index is 12.3. The molecule has 0 bridgehead atoms. The van der Waals surface area contributed by atoms with E-state index in [4.69, 9.17) is 5.73 Å². The van der Waals surface area contributed by atoms with E-state index >= 15 is 0 Å². The zero-order valence-electron chi connectivity index (χ0n) is 11.6. The molecule has 2 saturated heterocycles. The highest BCUT2D eigenvalue weighted by atomic mass is 16.2. The number of carbonyl (C=O) groups is 1. The van der Waals surface area contributed by atoms with E-state index in [-0.39, 0.29) is 0 Å². The Morgan fingerprint density at radius 2 is 1.89 bits per heavy atom. The van der Waals surface area contributed by atoms with Gasteiger partial charge in [0, 0.05) is 25.2 Å². The summed E-state index contributed by atoms with van der Waals surface area (Å²) in [4.78, 5) is 16.7. The molecular formula is C14H27N3O. The van der Waals surface area contributed by atoms with Crippen molar-refractivity contribution < 1.29 is 4.79 Å². The van der Waals surface area contributed by atoms with Crippen LogP contribution in [0.5, 0.6) is 0 Å². The highest BCUT2D eigenvalue weighted by Crippen LogP contribution is 2.19. The fraction of sp³-hybridized carbons (Fsp3) is 0.929. The van der Waals surface area contributed by atoms with Crippen LogP contribution in [-0.2, 0) is 4.79 Å². The summed E-state index contributed by atoms with van der Waals surface area (Å²) in [6.07, 6.45) is 6.91. The summed E-state index contributed by atoms with van der Waals surface area (Å²) >= 11 is 0. The van der Waals surface area contributed by atoms with Gasteiger partial charge in [-0.25, -0.2) is 0 Å². The molecule has 0 aromatic heterocycles. The molecule has 0 spiro atoms. The van der Waals surface area contributed by atoms with Gasteiger partial charge in [0.25, 0.3) is 0 Å². The number of carbonyl (C=O) groups excluding carboxylic acids is 1. The van der Waals surface area contributed by atoms with Crippen LogP contribution in [0.25, 0.3) is 0 Å². The van der Waals surface area contributed by atoms with Crippen LogP contribution in [0.1, 0.15) is 45.4 Å². The van der Waals surface area contributed by atoms with Gasteiger partial charge in [-0.2, -0.15) is 0 Å². The lowest BCUT2D eigenvalue weighted by Crippen LogP contribution is -2.49. The molecular weight excluding hydrogens is 226 g/mol. The second-order valence-electron chi connectivity index (χ2n) is 5.75. The lowest BCUT2D eigenvalue weighted by Gasteiger charge is -2.37. The smallest absolute Gasteiger partial charge is 0.236 e. The van der Waals surface area contributed by atoms with E-state index in [9.17, 15) is 4.79 Å². The van der Waals surface area contributed by atoms with Crippen LogP contribution in [0.15, 0.2) is 0 Å². The Hall–Kier alpha value is -0.610. The van der Waals surface area contributed by atoms with Gasteiger partial charge in [-0.15, -0.1) is 0 Å². The van der Waals surface area contributed by atoms with E-state index in [1.165, 1.54) is 19.3 Å². The van der Waals surface area contributed by atoms with Crippen LogP contribution in [0.2, 0.25) is 0 Å². The number of hydrogen-bond donors (Lipinski definition) is 1. The largest absolute Gasteiger partial charge is 0.341 e. The van der Waals surface area contributed by atoms with Crippen molar-refractivity contribution in [1.82, 2.24) is 9.80 Å². The summed E-state index contributed by atoms with van der Waals surface area (Å²) in [6.45, 7) is 5.65. The van der Waals surface area contributed by atoms with Crippen LogP contribution >= 0.6 is 0 Å². The van der Waals surface area contributed by atoms with Crippen LogP contribution < -0.4 is 5.73 Å². The van der Waals surface area contributed by atoms with Crippen molar-refractivity contribution in [2.75, 3.05) is 26.2 Å². The van der Waals surface area contributed by atoms with Crippen molar-refractivity contribution in [3.8, 4) is 0 Å². The first-order chi connectivity index (χ1) is 8.70. The van der Waals surface area contributed by atoms with Gasteiger partial charge in [0.15, 0.2) is 0 Å². The molecule has 104 valence electrons. The predicted octanol–water partition coefficient (Wildman–Crippen LogP) is 1.20. The quantitative estimate of drug-likeness (QED) is 0.822. The molecule has 2 fully saturated rings. The number of nitrogens with zero attached hydrogens (tertiary/aromatic N) is 2. The first-order valence-electron chi connectivity index (χ1n) is 7.48. The van der Waals surface area contributed by atoms with E-state index in [1.807, 2.05) is 4.90 Å². The van der Waals surface area contributed by atoms with Crippen LogP contribution in [-0.4, -0.2) is 54.0 Å². The Labute approximate surface area is 110 Å². The van der Waals surface area contributed by atoms with Crippen molar-refractivity contribution in [2.24, 2.45) is 5.73 Å².